The van der Waals surface area contributed by atoms with Crippen LogP contribution < -0.4 is 44.0 Å². The number of nitrogens with two attached hydrogens (primary N) is 5. The molecule has 0 aromatic heterocycles. The summed E-state index contributed by atoms with van der Waals surface area (Å²) < 4.78 is 5.46. The summed E-state index contributed by atoms with van der Waals surface area (Å²) in [7, 11) is 0. The lowest BCUT2D eigenvalue weighted by Gasteiger charge is -2.14. The summed E-state index contributed by atoms with van der Waals surface area (Å²) >= 11 is 0. The van der Waals surface area contributed by atoms with Crippen molar-refractivity contribution < 1.29 is 9.84 Å². The van der Waals surface area contributed by atoms with Gasteiger partial charge in [-0.3, -0.25) is 0 Å². The van der Waals surface area contributed by atoms with E-state index >= 15 is 0 Å². The summed E-state index contributed by atoms with van der Waals surface area (Å²) in [6.45, 7) is 1.44. The molecule has 0 amide bonds. The van der Waals surface area contributed by atoms with E-state index in [0.29, 0.717) is 40.7 Å². The van der Waals surface area contributed by atoms with Crippen molar-refractivity contribution in [1.29, 1.82) is 0 Å². The monoisotopic (exact) mass is 573 g/mol. The highest BCUT2D eigenvalue weighted by molar-refractivity contribution is 5.85. The Morgan fingerprint density at radius 2 is 1.10 bits per heavy atom. The Labute approximate surface area is 241 Å². The molecule has 0 bridgehead atoms. The number of nitrogen functional groups attached to an aromatic ring is 5. The minimum absolute atomic E-state index is 0. The molecule has 4 aromatic rings. The van der Waals surface area contributed by atoms with E-state index in [2.05, 4.69) is 10.6 Å². The van der Waals surface area contributed by atoms with Gasteiger partial charge in [0.25, 0.3) is 0 Å². The van der Waals surface area contributed by atoms with Crippen molar-refractivity contribution in [3.05, 3.63) is 96.1 Å². The van der Waals surface area contributed by atoms with E-state index in [1.54, 1.807) is 30.3 Å². The quantitative estimate of drug-likeness (QED) is 0.131. The van der Waals surface area contributed by atoms with Crippen LogP contribution in [0, 0.1) is 0 Å². The normalized spacial score (nSPS) is 9.67. The summed E-state index contributed by atoms with van der Waals surface area (Å²) in [5.41, 5.74) is 35.9. The molecule has 0 unspecified atom stereocenters. The van der Waals surface area contributed by atoms with Crippen LogP contribution in [0.4, 0.5) is 39.8 Å². The zero-order valence-electron chi connectivity index (χ0n) is 21.5. The van der Waals surface area contributed by atoms with Crippen molar-refractivity contribution in [2.24, 2.45) is 0 Å². The van der Waals surface area contributed by atoms with Crippen LogP contribution in [-0.2, 0) is 13.1 Å². The molecule has 4 rings (SSSR count). The number of rotatable bonds is 9. The molecule has 39 heavy (non-hydrogen) atoms. The van der Waals surface area contributed by atoms with Gasteiger partial charge in [0.05, 0.1) is 12.3 Å². The molecular formula is C28H37Cl2N7O2. The van der Waals surface area contributed by atoms with Crippen molar-refractivity contribution in [2.45, 2.75) is 13.1 Å². The SMILES string of the molecule is Cl.Cl.Nc1cc(N)cc(CNc2cc(N)ccc2OCCO)c1.Nc1cc(N)cc(CNc2ccccc2)c1. The van der Waals surface area contributed by atoms with E-state index in [1.807, 2.05) is 54.6 Å². The lowest BCUT2D eigenvalue weighted by atomic mass is 10.1. The average molecular weight is 575 g/mol. The van der Waals surface area contributed by atoms with Crippen LogP contribution in [0.2, 0.25) is 0 Å². The third kappa shape index (κ3) is 11.4. The highest BCUT2D eigenvalue weighted by Crippen LogP contribution is 2.28. The van der Waals surface area contributed by atoms with Crippen LogP contribution in [0.25, 0.3) is 0 Å². The van der Waals surface area contributed by atoms with Crippen LogP contribution in [-0.4, -0.2) is 18.3 Å². The van der Waals surface area contributed by atoms with Crippen LogP contribution in [0.1, 0.15) is 11.1 Å². The molecule has 0 aliphatic heterocycles. The number of nitrogens with one attached hydrogen (secondary N) is 2. The Hall–Kier alpha value is -4.18. The van der Waals surface area contributed by atoms with Crippen molar-refractivity contribution >= 4 is 64.6 Å². The number of ether oxygens (including phenoxy) is 1. The number of aliphatic hydroxyl groups excluding tert-OH is 1. The van der Waals surface area contributed by atoms with Crippen molar-refractivity contribution in [1.82, 2.24) is 0 Å². The maximum absolute atomic E-state index is 8.84. The lowest BCUT2D eigenvalue weighted by molar-refractivity contribution is 0.202. The zero-order valence-corrected chi connectivity index (χ0v) is 23.1. The van der Waals surface area contributed by atoms with Gasteiger partial charge in [-0.15, -0.1) is 24.8 Å². The standard InChI is InChI=1S/C15H20N4O2.C13H15N3.2ClH/c16-11-1-2-15(21-4-3-20)14(8-11)19-9-10-5-12(17)7-13(18)6-10;14-11-6-10(7-12(15)8-11)9-16-13-4-2-1-3-5-13;;/h1-2,5-8,19-20H,3-4,9,16-18H2;1-8,16H,9,14-15H2;2*1H. The first-order valence-corrected chi connectivity index (χ1v) is 11.8. The van der Waals surface area contributed by atoms with Gasteiger partial charge < -0.3 is 49.1 Å². The first kappa shape index (κ1) is 32.8. The second-order valence-electron chi connectivity index (χ2n) is 8.42. The summed E-state index contributed by atoms with van der Waals surface area (Å²) in [6.07, 6.45) is 0. The summed E-state index contributed by atoms with van der Waals surface area (Å²) in [4.78, 5) is 0. The van der Waals surface area contributed by atoms with E-state index in [9.17, 15) is 0 Å². The van der Waals surface area contributed by atoms with Crippen LogP contribution in [0.15, 0.2) is 84.9 Å². The Kier molecular flexibility index (Phi) is 14.0. The molecule has 0 saturated heterocycles. The Morgan fingerprint density at radius 3 is 1.62 bits per heavy atom. The van der Waals surface area contributed by atoms with Gasteiger partial charge in [0.15, 0.2) is 0 Å². The second kappa shape index (κ2) is 16.6. The molecule has 0 heterocycles. The number of para-hydroxylation sites is 1. The van der Waals surface area contributed by atoms with Crippen LogP contribution >= 0.6 is 24.8 Å². The van der Waals surface area contributed by atoms with Crippen molar-refractivity contribution in [3.8, 4) is 5.75 Å². The summed E-state index contributed by atoms with van der Waals surface area (Å²) in [6, 6.07) is 26.3. The molecule has 0 spiro atoms. The molecule has 9 nitrogen and oxygen atoms in total. The van der Waals surface area contributed by atoms with Gasteiger partial charge in [-0.2, -0.15) is 0 Å². The molecular weight excluding hydrogens is 537 g/mol. The Balaban J connectivity index is 0.000000382. The Morgan fingerprint density at radius 1 is 0.590 bits per heavy atom. The van der Waals surface area contributed by atoms with Gasteiger partial charge in [0, 0.05) is 47.2 Å². The largest absolute Gasteiger partial charge is 0.489 e. The van der Waals surface area contributed by atoms with E-state index < -0.39 is 0 Å². The molecule has 4 aromatic carbocycles. The summed E-state index contributed by atoms with van der Waals surface area (Å²) in [5, 5.41) is 15.4. The molecule has 0 aliphatic rings. The summed E-state index contributed by atoms with van der Waals surface area (Å²) in [5.74, 6) is 0.634. The van der Waals surface area contributed by atoms with Gasteiger partial charge >= 0.3 is 0 Å². The van der Waals surface area contributed by atoms with Gasteiger partial charge in [-0.1, -0.05) is 18.2 Å². The zero-order chi connectivity index (χ0) is 26.6. The topological polar surface area (TPSA) is 184 Å². The third-order valence-electron chi connectivity index (χ3n) is 5.18. The van der Waals surface area contributed by atoms with Crippen molar-refractivity contribution in [3.63, 3.8) is 0 Å². The number of halogens is 2. The maximum atomic E-state index is 8.84. The van der Waals surface area contributed by atoms with Crippen LogP contribution in [0.5, 0.6) is 5.75 Å². The fourth-order valence-corrected chi connectivity index (χ4v) is 3.62. The van der Waals surface area contributed by atoms with E-state index in [1.165, 1.54) is 0 Å². The predicted molar refractivity (Wildman–Crippen MR) is 170 cm³/mol. The minimum atomic E-state index is -0.0461. The van der Waals surface area contributed by atoms with Gasteiger partial charge in [0.2, 0.25) is 0 Å². The van der Waals surface area contributed by atoms with Crippen molar-refractivity contribution in [2.75, 3.05) is 52.5 Å². The number of benzene rings is 4. The number of hydrogen-bond donors (Lipinski definition) is 8. The molecule has 210 valence electrons. The molecule has 0 atom stereocenters. The van der Waals surface area contributed by atoms with E-state index in [0.717, 1.165) is 29.0 Å². The average Bonchev–Trinajstić information content (AvgIpc) is 2.86. The molecule has 0 aliphatic carbocycles. The second-order valence-corrected chi connectivity index (χ2v) is 8.42. The van der Waals surface area contributed by atoms with E-state index in [4.69, 9.17) is 38.5 Å². The molecule has 0 radical (unpaired) electrons. The fourth-order valence-electron chi connectivity index (χ4n) is 3.62. The Bertz CT molecular complexity index is 1250. The number of aliphatic hydroxyl groups is 1. The smallest absolute Gasteiger partial charge is 0.142 e. The third-order valence-corrected chi connectivity index (χ3v) is 5.18. The highest BCUT2D eigenvalue weighted by Gasteiger charge is 2.05. The lowest BCUT2D eigenvalue weighted by Crippen LogP contribution is -2.07. The molecule has 11 heteroatoms. The van der Waals surface area contributed by atoms with Crippen LogP contribution in [0.3, 0.4) is 0 Å². The van der Waals surface area contributed by atoms with Gasteiger partial charge in [0.1, 0.15) is 12.4 Å². The first-order valence-electron chi connectivity index (χ1n) is 11.8. The minimum Gasteiger partial charge on any atom is -0.489 e. The molecule has 0 fully saturated rings. The predicted octanol–water partition coefficient (Wildman–Crippen LogP) is 4.72. The van der Waals surface area contributed by atoms with Gasteiger partial charge in [-0.05, 0) is 77.9 Å². The number of anilines is 7. The molecule has 13 N–H and O–H groups in total. The molecule has 0 saturated carbocycles. The van der Waals surface area contributed by atoms with E-state index in [-0.39, 0.29) is 38.0 Å². The highest BCUT2D eigenvalue weighted by atomic mass is 35.5. The maximum Gasteiger partial charge on any atom is 0.142 e. The first-order chi connectivity index (χ1) is 17.8. The van der Waals surface area contributed by atoms with Gasteiger partial charge in [-0.25, -0.2) is 0 Å². The fraction of sp³-hybridized carbons (Fsp3) is 0.143. The number of hydrogen-bond acceptors (Lipinski definition) is 9.